The van der Waals surface area contributed by atoms with E-state index < -0.39 is 10.0 Å². The topological polar surface area (TPSA) is 114 Å². The highest BCUT2D eigenvalue weighted by molar-refractivity contribution is 7.89. The zero-order valence-corrected chi connectivity index (χ0v) is 16.1. The van der Waals surface area contributed by atoms with Gasteiger partial charge >= 0.3 is 0 Å². The van der Waals surface area contributed by atoms with E-state index in [1.165, 1.54) is 18.2 Å². The fourth-order valence-corrected chi connectivity index (χ4v) is 4.54. The Kier molecular flexibility index (Phi) is 5.11. The van der Waals surface area contributed by atoms with Gasteiger partial charge in [-0.25, -0.2) is 22.5 Å². The Morgan fingerprint density at radius 3 is 2.86 bits per heavy atom. The Hall–Kier alpha value is -2.76. The molecule has 0 saturated carbocycles. The summed E-state index contributed by atoms with van der Waals surface area (Å²) in [7, 11) is -3.73. The highest BCUT2D eigenvalue weighted by Gasteiger charge is 2.19. The fraction of sp³-hybridized carbons (Fsp3) is 0.176. The third-order valence-corrected chi connectivity index (χ3v) is 6.05. The van der Waals surface area contributed by atoms with E-state index in [0.29, 0.717) is 35.5 Å². The maximum atomic E-state index is 13.3. The maximum Gasteiger partial charge on any atom is 0.242 e. The number of nitrogens with zero attached hydrogens (tertiary/aromatic N) is 4. The molecule has 0 atom stereocenters. The second-order valence-corrected chi connectivity index (χ2v) is 8.30. The molecule has 0 spiro atoms. The predicted octanol–water partition coefficient (Wildman–Crippen LogP) is 2.06. The van der Waals surface area contributed by atoms with Crippen LogP contribution in [-0.4, -0.2) is 38.9 Å². The lowest BCUT2D eigenvalue weighted by Crippen LogP contribution is -2.26. The summed E-state index contributed by atoms with van der Waals surface area (Å²) in [4.78, 5) is 4.42. The number of fused-ring (bicyclic) bond motifs is 1. The molecule has 0 unspecified atom stereocenters. The molecule has 0 aliphatic carbocycles. The number of hydrogen-bond donors (Lipinski definition) is 2. The van der Waals surface area contributed by atoms with Crippen LogP contribution in [0.5, 0.6) is 0 Å². The van der Waals surface area contributed by atoms with E-state index in [-0.39, 0.29) is 17.3 Å². The third-order valence-electron chi connectivity index (χ3n) is 4.02. The SMILES string of the molecule is O=S(=O)(NCCc1n[nH]c(Cc2cccc(F)c2)n1)c1cccc2nsnc12. The Labute approximate surface area is 164 Å². The summed E-state index contributed by atoms with van der Waals surface area (Å²) >= 11 is 0.968. The molecule has 2 heterocycles. The van der Waals surface area contributed by atoms with Crippen molar-refractivity contribution in [2.45, 2.75) is 17.7 Å². The van der Waals surface area contributed by atoms with Gasteiger partial charge in [0.15, 0.2) is 5.82 Å². The second-order valence-electron chi connectivity index (χ2n) is 6.04. The predicted molar refractivity (Wildman–Crippen MR) is 102 cm³/mol. The van der Waals surface area contributed by atoms with Gasteiger partial charge in [0.1, 0.15) is 27.6 Å². The van der Waals surface area contributed by atoms with Crippen molar-refractivity contribution in [3.8, 4) is 0 Å². The molecule has 4 aromatic rings. The van der Waals surface area contributed by atoms with Crippen LogP contribution in [0.4, 0.5) is 4.39 Å². The smallest absolute Gasteiger partial charge is 0.242 e. The minimum Gasteiger partial charge on any atom is -0.263 e. The highest BCUT2D eigenvalue weighted by atomic mass is 32.2. The minimum absolute atomic E-state index is 0.0977. The first-order valence-corrected chi connectivity index (χ1v) is 10.6. The molecule has 8 nitrogen and oxygen atoms in total. The van der Waals surface area contributed by atoms with E-state index in [1.54, 1.807) is 24.3 Å². The monoisotopic (exact) mass is 418 g/mol. The van der Waals surface area contributed by atoms with E-state index in [2.05, 4.69) is 28.7 Å². The third kappa shape index (κ3) is 4.06. The van der Waals surface area contributed by atoms with Crippen LogP contribution in [0.25, 0.3) is 11.0 Å². The van der Waals surface area contributed by atoms with Gasteiger partial charge in [-0.3, -0.25) is 5.10 Å². The van der Waals surface area contributed by atoms with Crippen LogP contribution in [0, 0.1) is 5.82 Å². The van der Waals surface area contributed by atoms with Gasteiger partial charge in [0.05, 0.1) is 11.7 Å². The number of benzene rings is 2. The molecular formula is C17H15FN6O2S2. The minimum atomic E-state index is -3.73. The van der Waals surface area contributed by atoms with Crippen molar-refractivity contribution < 1.29 is 12.8 Å². The van der Waals surface area contributed by atoms with Crippen LogP contribution < -0.4 is 4.72 Å². The zero-order valence-electron chi connectivity index (χ0n) is 14.5. The average Bonchev–Trinajstić information content (AvgIpc) is 3.30. The molecule has 0 aliphatic heterocycles. The number of halogens is 1. The first kappa shape index (κ1) is 18.6. The molecule has 0 radical (unpaired) electrons. The van der Waals surface area contributed by atoms with Crippen molar-refractivity contribution in [1.82, 2.24) is 28.7 Å². The Morgan fingerprint density at radius 1 is 1.14 bits per heavy atom. The quantitative estimate of drug-likeness (QED) is 0.475. The largest absolute Gasteiger partial charge is 0.263 e. The molecular weight excluding hydrogens is 403 g/mol. The zero-order chi connectivity index (χ0) is 19.6. The van der Waals surface area contributed by atoms with Gasteiger partial charge in [0, 0.05) is 19.4 Å². The number of H-pyrrole nitrogens is 1. The summed E-state index contributed by atoms with van der Waals surface area (Å²) < 4.78 is 49.0. The first-order valence-electron chi connectivity index (χ1n) is 8.37. The molecule has 0 bridgehead atoms. The number of sulfonamides is 1. The summed E-state index contributed by atoms with van der Waals surface area (Å²) in [5, 5.41) is 6.88. The molecule has 28 heavy (non-hydrogen) atoms. The van der Waals surface area contributed by atoms with Crippen molar-refractivity contribution in [3.05, 3.63) is 65.5 Å². The van der Waals surface area contributed by atoms with Crippen molar-refractivity contribution in [2.75, 3.05) is 6.54 Å². The van der Waals surface area contributed by atoms with Crippen LogP contribution in [0.1, 0.15) is 17.2 Å². The highest BCUT2D eigenvalue weighted by Crippen LogP contribution is 2.20. The Morgan fingerprint density at radius 2 is 2.00 bits per heavy atom. The van der Waals surface area contributed by atoms with Crippen molar-refractivity contribution in [1.29, 1.82) is 0 Å². The van der Waals surface area contributed by atoms with Crippen molar-refractivity contribution >= 4 is 32.8 Å². The molecule has 11 heteroatoms. The summed E-state index contributed by atoms with van der Waals surface area (Å²) in [6, 6.07) is 11.1. The molecule has 2 aromatic carbocycles. The van der Waals surface area contributed by atoms with Gasteiger partial charge < -0.3 is 0 Å². The van der Waals surface area contributed by atoms with Crippen LogP contribution in [-0.2, 0) is 22.9 Å². The lowest BCUT2D eigenvalue weighted by atomic mass is 10.1. The normalized spacial score (nSPS) is 11.9. The average molecular weight is 418 g/mol. The molecule has 0 fully saturated rings. The standard InChI is InChI=1S/C17H15FN6O2S2/c18-12-4-1-3-11(9-12)10-16-20-15(21-22-16)7-8-19-28(25,26)14-6-2-5-13-17(14)24-27-23-13/h1-6,9,19H,7-8,10H2,(H,20,21,22). The number of rotatable bonds is 7. The fourth-order valence-electron chi connectivity index (χ4n) is 2.74. The van der Waals surface area contributed by atoms with Gasteiger partial charge in [-0.05, 0) is 29.8 Å². The van der Waals surface area contributed by atoms with E-state index in [0.717, 1.165) is 17.3 Å². The molecule has 2 N–H and O–H groups in total. The lowest BCUT2D eigenvalue weighted by molar-refractivity contribution is 0.581. The Balaban J connectivity index is 1.39. The lowest BCUT2D eigenvalue weighted by Gasteiger charge is -2.05. The summed E-state index contributed by atoms with van der Waals surface area (Å²) in [5.41, 5.74) is 1.67. The summed E-state index contributed by atoms with van der Waals surface area (Å²) in [5.74, 6) is 0.751. The maximum absolute atomic E-state index is 13.3. The van der Waals surface area contributed by atoms with E-state index >= 15 is 0 Å². The molecule has 4 rings (SSSR count). The van der Waals surface area contributed by atoms with Crippen LogP contribution in [0.3, 0.4) is 0 Å². The van der Waals surface area contributed by atoms with Crippen molar-refractivity contribution in [2.24, 2.45) is 0 Å². The molecule has 0 aliphatic rings. The van der Waals surface area contributed by atoms with E-state index in [4.69, 9.17) is 0 Å². The molecule has 144 valence electrons. The number of nitrogens with one attached hydrogen (secondary N) is 2. The number of hydrogen-bond acceptors (Lipinski definition) is 7. The molecule has 0 saturated heterocycles. The van der Waals surface area contributed by atoms with Gasteiger partial charge in [-0.1, -0.05) is 18.2 Å². The van der Waals surface area contributed by atoms with Crippen molar-refractivity contribution in [3.63, 3.8) is 0 Å². The summed E-state index contributed by atoms with van der Waals surface area (Å²) in [6.07, 6.45) is 0.722. The Bertz CT molecular complexity index is 1220. The summed E-state index contributed by atoms with van der Waals surface area (Å²) in [6.45, 7) is 0.132. The number of aromatic amines is 1. The van der Waals surface area contributed by atoms with Crippen LogP contribution >= 0.6 is 11.7 Å². The van der Waals surface area contributed by atoms with Gasteiger partial charge in [0.2, 0.25) is 10.0 Å². The van der Waals surface area contributed by atoms with Crippen LogP contribution in [0.15, 0.2) is 47.4 Å². The number of aromatic nitrogens is 5. The molecule has 0 amide bonds. The first-order chi connectivity index (χ1) is 13.5. The second kappa shape index (κ2) is 7.70. The van der Waals surface area contributed by atoms with Gasteiger partial charge in [-0.15, -0.1) is 0 Å². The van der Waals surface area contributed by atoms with Gasteiger partial charge in [-0.2, -0.15) is 13.8 Å². The van der Waals surface area contributed by atoms with E-state index in [1.807, 2.05) is 0 Å². The van der Waals surface area contributed by atoms with Gasteiger partial charge in [0.25, 0.3) is 0 Å². The van der Waals surface area contributed by atoms with Crippen LogP contribution in [0.2, 0.25) is 0 Å². The van der Waals surface area contributed by atoms with E-state index in [9.17, 15) is 12.8 Å². The molecule has 2 aromatic heterocycles.